The van der Waals surface area contributed by atoms with Gasteiger partial charge in [-0.15, -0.1) is 0 Å². The molecular weight excluding hydrogens is 671 g/mol. The molecule has 56 heavy (non-hydrogen) atoms. The molecule has 1 heterocycles. The third-order valence-electron chi connectivity index (χ3n) is 10.5. The minimum Gasteiger partial charge on any atom is -0.0985 e. The van der Waals surface area contributed by atoms with Crippen LogP contribution in [-0.4, -0.2) is 6.71 Å². The number of hydrogen-bond acceptors (Lipinski definition) is 0. The minimum absolute atomic E-state index is 0.268. The van der Waals surface area contributed by atoms with Crippen LogP contribution in [0.2, 0.25) is 0 Å². The van der Waals surface area contributed by atoms with Gasteiger partial charge in [-0.25, -0.2) is 0 Å². The molecule has 0 unspecified atom stereocenters. The van der Waals surface area contributed by atoms with E-state index in [1.165, 1.54) is 99.9 Å². The smallest absolute Gasteiger partial charge is 0.0985 e. The SMILES string of the molecule is C=CC(=C(C)C)c1cc(-c2ccccc2)ccc1C.C=CC1=C(C)B(c2ccc(-c3ccc(C)cc3C)c(C)c2)c2ccc(-c3ccccc3)cc21.CC.CC. The topological polar surface area (TPSA) is 0 Å². The molecule has 0 amide bonds. The molecule has 0 bridgehead atoms. The Morgan fingerprint density at radius 1 is 0.500 bits per heavy atom. The zero-order valence-corrected chi connectivity index (χ0v) is 35.8. The first-order valence-electron chi connectivity index (χ1n) is 20.3. The Hall–Kier alpha value is -5.66. The summed E-state index contributed by atoms with van der Waals surface area (Å²) in [4.78, 5) is 0. The van der Waals surface area contributed by atoms with Crippen LogP contribution in [0.15, 0.2) is 170 Å². The van der Waals surface area contributed by atoms with Crippen LogP contribution in [0.4, 0.5) is 0 Å². The number of allylic oxidation sites excluding steroid dienone is 6. The molecule has 0 aliphatic carbocycles. The van der Waals surface area contributed by atoms with Crippen molar-refractivity contribution in [2.75, 3.05) is 0 Å². The van der Waals surface area contributed by atoms with Gasteiger partial charge in [0.2, 0.25) is 6.71 Å². The number of fused-ring (bicyclic) bond motifs is 1. The Kier molecular flexibility index (Phi) is 15.6. The molecule has 0 fully saturated rings. The van der Waals surface area contributed by atoms with Crippen LogP contribution in [0.5, 0.6) is 0 Å². The molecule has 0 spiro atoms. The molecule has 284 valence electrons. The van der Waals surface area contributed by atoms with Gasteiger partial charge in [0.1, 0.15) is 0 Å². The minimum atomic E-state index is 0.268. The van der Waals surface area contributed by atoms with Crippen LogP contribution in [0.3, 0.4) is 0 Å². The van der Waals surface area contributed by atoms with E-state index in [0.717, 1.165) is 0 Å². The van der Waals surface area contributed by atoms with Crippen LogP contribution >= 0.6 is 0 Å². The highest BCUT2D eigenvalue weighted by molar-refractivity contribution is 6.93. The molecule has 0 N–H and O–H groups in total. The average Bonchev–Trinajstić information content (AvgIpc) is 3.51. The van der Waals surface area contributed by atoms with Crippen LogP contribution in [0.25, 0.3) is 44.5 Å². The van der Waals surface area contributed by atoms with E-state index in [1.807, 2.05) is 45.9 Å². The zero-order valence-electron chi connectivity index (χ0n) is 35.8. The summed E-state index contributed by atoms with van der Waals surface area (Å²) in [6.07, 6.45) is 3.98. The molecule has 6 aromatic carbocycles. The zero-order chi connectivity index (χ0) is 40.9. The van der Waals surface area contributed by atoms with Gasteiger partial charge in [-0.05, 0) is 126 Å². The van der Waals surface area contributed by atoms with Crippen molar-refractivity contribution in [2.45, 2.75) is 76.2 Å². The lowest BCUT2D eigenvalue weighted by Crippen LogP contribution is -2.42. The largest absolute Gasteiger partial charge is 0.238 e. The van der Waals surface area contributed by atoms with E-state index in [-0.39, 0.29) is 6.71 Å². The predicted octanol–water partition coefficient (Wildman–Crippen LogP) is 14.8. The van der Waals surface area contributed by atoms with Crippen LogP contribution in [-0.2, 0) is 0 Å². The molecule has 0 atom stereocenters. The lowest BCUT2D eigenvalue weighted by molar-refractivity contribution is 1.36. The fourth-order valence-electron chi connectivity index (χ4n) is 7.74. The monoisotopic (exact) mass is 732 g/mol. The lowest BCUT2D eigenvalue weighted by Gasteiger charge is -2.16. The van der Waals surface area contributed by atoms with Crippen molar-refractivity contribution in [3.8, 4) is 33.4 Å². The molecule has 1 heteroatoms. The van der Waals surface area contributed by atoms with Gasteiger partial charge in [-0.3, -0.25) is 0 Å². The van der Waals surface area contributed by atoms with Crippen LogP contribution in [0.1, 0.15) is 81.8 Å². The Labute approximate surface area is 340 Å². The van der Waals surface area contributed by atoms with Crippen molar-refractivity contribution < 1.29 is 0 Å². The standard InChI is InChI=1S/C32H29B.C19H20.2C2H6/c1-6-28-24(5)33(32-17-13-26(20-31(28)32)25-10-8-7-9-11-25)27-14-16-30(23(4)19-27)29-15-12-21(2)18-22(29)3;1-5-18(14(2)3)19-13-17(12-11-15(19)4)16-9-7-6-8-10-16;2*1-2/h6-20H,1H2,2-5H3;5-13H,1H2,2-4H3;2*1-2H3. The fraction of sp³-hybridized carbons (Fsp3) is 0.200. The Bertz CT molecular complexity index is 2330. The van der Waals surface area contributed by atoms with Crippen molar-refractivity contribution >= 4 is 28.8 Å². The summed E-state index contributed by atoms with van der Waals surface area (Å²) in [7, 11) is 0. The second kappa shape index (κ2) is 20.3. The summed E-state index contributed by atoms with van der Waals surface area (Å²) in [6.45, 7) is 31.6. The maximum Gasteiger partial charge on any atom is 0.238 e. The van der Waals surface area contributed by atoms with Gasteiger partial charge in [0.15, 0.2) is 0 Å². The first kappa shape index (κ1) is 43.1. The second-order valence-corrected chi connectivity index (χ2v) is 14.3. The molecule has 1 aliphatic heterocycles. The van der Waals surface area contributed by atoms with Crippen molar-refractivity contribution in [1.29, 1.82) is 0 Å². The Morgan fingerprint density at radius 3 is 1.55 bits per heavy atom. The lowest BCUT2D eigenvalue weighted by atomic mass is 9.38. The third-order valence-corrected chi connectivity index (χ3v) is 10.5. The molecule has 7 rings (SSSR count). The highest BCUT2D eigenvalue weighted by Crippen LogP contribution is 2.33. The quantitative estimate of drug-likeness (QED) is 0.113. The third kappa shape index (κ3) is 9.58. The van der Waals surface area contributed by atoms with E-state index < -0.39 is 0 Å². The van der Waals surface area contributed by atoms with Crippen LogP contribution < -0.4 is 10.9 Å². The molecule has 0 aromatic heterocycles. The summed E-state index contributed by atoms with van der Waals surface area (Å²) in [6, 6.07) is 48.4. The first-order valence-corrected chi connectivity index (χ1v) is 20.3. The van der Waals surface area contributed by atoms with Gasteiger partial charge < -0.3 is 0 Å². The van der Waals surface area contributed by atoms with E-state index in [4.69, 9.17) is 0 Å². The molecule has 6 aromatic rings. The van der Waals surface area contributed by atoms with Gasteiger partial charge in [0, 0.05) is 0 Å². The number of hydrogen-bond donors (Lipinski definition) is 0. The van der Waals surface area contributed by atoms with Crippen LogP contribution in [0, 0.1) is 27.7 Å². The molecule has 0 saturated carbocycles. The van der Waals surface area contributed by atoms with Gasteiger partial charge in [-0.2, -0.15) is 0 Å². The van der Waals surface area contributed by atoms with Gasteiger partial charge in [0.05, 0.1) is 0 Å². The first-order chi connectivity index (χ1) is 27.1. The fourth-order valence-corrected chi connectivity index (χ4v) is 7.74. The maximum absolute atomic E-state index is 4.15. The highest BCUT2D eigenvalue weighted by atomic mass is 14.2. The number of aryl methyl sites for hydroxylation is 4. The molecule has 0 radical (unpaired) electrons. The summed E-state index contributed by atoms with van der Waals surface area (Å²) in [5.74, 6) is 0. The number of benzene rings is 6. The summed E-state index contributed by atoms with van der Waals surface area (Å²) in [5.41, 5.74) is 23.4. The summed E-state index contributed by atoms with van der Waals surface area (Å²) in [5, 5.41) is 0. The van der Waals surface area contributed by atoms with E-state index in [9.17, 15) is 0 Å². The van der Waals surface area contributed by atoms with E-state index >= 15 is 0 Å². The predicted molar refractivity (Wildman–Crippen MR) is 254 cm³/mol. The van der Waals surface area contributed by atoms with E-state index in [1.54, 1.807) is 0 Å². The summed E-state index contributed by atoms with van der Waals surface area (Å²) < 4.78 is 0. The van der Waals surface area contributed by atoms with Gasteiger partial charge in [0.25, 0.3) is 0 Å². The van der Waals surface area contributed by atoms with Gasteiger partial charge in [-0.1, -0.05) is 209 Å². The second-order valence-electron chi connectivity index (χ2n) is 14.3. The maximum atomic E-state index is 4.15. The highest BCUT2D eigenvalue weighted by Gasteiger charge is 2.32. The normalized spacial score (nSPS) is 11.2. The number of rotatable bonds is 7. The molecule has 0 nitrogen and oxygen atoms in total. The van der Waals surface area contributed by atoms with Crippen molar-refractivity contribution in [3.05, 3.63) is 203 Å². The van der Waals surface area contributed by atoms with Crippen molar-refractivity contribution in [1.82, 2.24) is 0 Å². The summed E-state index contributed by atoms with van der Waals surface area (Å²) >= 11 is 0. The molecule has 1 aliphatic rings. The van der Waals surface area contributed by atoms with E-state index in [0.29, 0.717) is 0 Å². The Balaban J connectivity index is 0.000000258. The van der Waals surface area contributed by atoms with Gasteiger partial charge >= 0.3 is 0 Å². The molecular formula is C55H61B. The molecule has 0 saturated heterocycles. The Morgan fingerprint density at radius 2 is 1.04 bits per heavy atom. The van der Waals surface area contributed by atoms with Crippen molar-refractivity contribution in [2.24, 2.45) is 0 Å². The van der Waals surface area contributed by atoms with E-state index in [2.05, 4.69) is 189 Å². The average molecular weight is 733 g/mol. The van der Waals surface area contributed by atoms with Crippen molar-refractivity contribution in [3.63, 3.8) is 0 Å².